The molecule has 16 heavy (non-hydrogen) atoms. The first kappa shape index (κ1) is 11.9. The number of hydrogen-bond donors (Lipinski definition) is 1. The van der Waals surface area contributed by atoms with Gasteiger partial charge in [0.25, 0.3) is 0 Å². The van der Waals surface area contributed by atoms with Gasteiger partial charge in [-0.05, 0) is 53.6 Å². The second-order valence-corrected chi connectivity index (χ2v) is 5.26. The Hall–Kier alpha value is -0.550. The molecule has 0 bridgehead atoms. The molecule has 1 aromatic carbocycles. The van der Waals surface area contributed by atoms with E-state index in [4.69, 9.17) is 4.74 Å². The minimum atomic E-state index is 0.568. The van der Waals surface area contributed by atoms with Crippen LogP contribution in [0.15, 0.2) is 35.9 Å². The molecule has 1 aliphatic rings. The van der Waals surface area contributed by atoms with Crippen molar-refractivity contribution in [3.8, 4) is 5.75 Å². The zero-order chi connectivity index (χ0) is 11.4. The van der Waals surface area contributed by atoms with Gasteiger partial charge in [-0.15, -0.1) is 0 Å². The summed E-state index contributed by atoms with van der Waals surface area (Å²) in [5, 5.41) is 3.39. The van der Waals surface area contributed by atoms with Crippen molar-refractivity contribution in [2.45, 2.75) is 19.4 Å². The van der Waals surface area contributed by atoms with Gasteiger partial charge < -0.3 is 10.1 Å². The van der Waals surface area contributed by atoms with Gasteiger partial charge in [0.15, 0.2) is 0 Å². The van der Waals surface area contributed by atoms with E-state index in [-0.39, 0.29) is 0 Å². The van der Waals surface area contributed by atoms with Crippen LogP contribution in [0, 0.1) is 3.57 Å². The van der Waals surface area contributed by atoms with Gasteiger partial charge in [-0.1, -0.05) is 18.2 Å². The molecule has 0 aliphatic carbocycles. The highest BCUT2D eigenvalue weighted by atomic mass is 127. The van der Waals surface area contributed by atoms with Crippen LogP contribution in [0.4, 0.5) is 0 Å². The minimum Gasteiger partial charge on any atom is -0.488 e. The molecule has 0 radical (unpaired) electrons. The highest BCUT2D eigenvalue weighted by Crippen LogP contribution is 2.21. The fraction of sp³-hybridized carbons (Fsp3) is 0.385. The van der Waals surface area contributed by atoms with Crippen LogP contribution in [0.3, 0.4) is 0 Å². The SMILES string of the molecule is CC1CC(COc2ccccc2I)=CCN1. The molecule has 1 aliphatic heterocycles. The van der Waals surface area contributed by atoms with E-state index < -0.39 is 0 Å². The minimum absolute atomic E-state index is 0.568. The number of hydrogen-bond acceptors (Lipinski definition) is 2. The van der Waals surface area contributed by atoms with E-state index in [0.717, 1.165) is 18.7 Å². The third-order valence-corrected chi connectivity index (χ3v) is 3.57. The van der Waals surface area contributed by atoms with Crippen molar-refractivity contribution in [3.05, 3.63) is 39.5 Å². The van der Waals surface area contributed by atoms with Crippen molar-refractivity contribution in [2.75, 3.05) is 13.2 Å². The topological polar surface area (TPSA) is 21.3 Å². The van der Waals surface area contributed by atoms with Crippen LogP contribution in [0.5, 0.6) is 5.75 Å². The van der Waals surface area contributed by atoms with Crippen molar-refractivity contribution in [3.63, 3.8) is 0 Å². The maximum atomic E-state index is 5.82. The van der Waals surface area contributed by atoms with Crippen molar-refractivity contribution in [1.29, 1.82) is 0 Å². The molecule has 0 amide bonds. The number of halogens is 1. The van der Waals surface area contributed by atoms with Crippen molar-refractivity contribution in [2.24, 2.45) is 0 Å². The van der Waals surface area contributed by atoms with Crippen LogP contribution in [0.1, 0.15) is 13.3 Å². The Morgan fingerprint density at radius 2 is 2.25 bits per heavy atom. The van der Waals surface area contributed by atoms with Gasteiger partial charge in [-0.25, -0.2) is 0 Å². The van der Waals surface area contributed by atoms with Crippen LogP contribution < -0.4 is 10.1 Å². The molecule has 1 heterocycles. The highest BCUT2D eigenvalue weighted by molar-refractivity contribution is 14.1. The number of benzene rings is 1. The molecular weight excluding hydrogens is 313 g/mol. The molecule has 1 aromatic rings. The molecule has 2 nitrogen and oxygen atoms in total. The summed E-state index contributed by atoms with van der Waals surface area (Å²) in [6.45, 7) is 3.89. The summed E-state index contributed by atoms with van der Waals surface area (Å²) in [7, 11) is 0. The second-order valence-electron chi connectivity index (χ2n) is 4.09. The fourth-order valence-corrected chi connectivity index (χ4v) is 2.35. The molecule has 0 saturated heterocycles. The Morgan fingerprint density at radius 3 is 3.00 bits per heavy atom. The second kappa shape index (κ2) is 5.68. The zero-order valence-corrected chi connectivity index (χ0v) is 11.5. The first-order valence-electron chi connectivity index (χ1n) is 5.54. The lowest BCUT2D eigenvalue weighted by molar-refractivity contribution is 0.336. The van der Waals surface area contributed by atoms with E-state index >= 15 is 0 Å². The predicted octanol–water partition coefficient (Wildman–Crippen LogP) is 2.98. The molecule has 1 N–H and O–H groups in total. The molecule has 1 unspecified atom stereocenters. The van der Waals surface area contributed by atoms with Crippen LogP contribution >= 0.6 is 22.6 Å². The summed E-state index contributed by atoms with van der Waals surface area (Å²) < 4.78 is 6.99. The van der Waals surface area contributed by atoms with Crippen LogP contribution in [-0.4, -0.2) is 19.2 Å². The highest BCUT2D eigenvalue weighted by Gasteiger charge is 2.10. The monoisotopic (exact) mass is 329 g/mol. The molecule has 0 aromatic heterocycles. The van der Waals surface area contributed by atoms with Gasteiger partial charge in [0, 0.05) is 12.6 Å². The molecular formula is C13H16INO. The molecule has 0 saturated carbocycles. The lowest BCUT2D eigenvalue weighted by Gasteiger charge is -2.21. The van der Waals surface area contributed by atoms with Crippen molar-refractivity contribution < 1.29 is 4.74 Å². The summed E-state index contributed by atoms with van der Waals surface area (Å²) in [5.41, 5.74) is 1.39. The lowest BCUT2D eigenvalue weighted by atomic mass is 10.0. The summed E-state index contributed by atoms with van der Waals surface area (Å²) in [6.07, 6.45) is 3.32. The lowest BCUT2D eigenvalue weighted by Crippen LogP contribution is -2.31. The summed E-state index contributed by atoms with van der Waals surface area (Å²) >= 11 is 2.30. The zero-order valence-electron chi connectivity index (χ0n) is 9.37. The largest absolute Gasteiger partial charge is 0.488 e. The normalized spacial score (nSPS) is 20.4. The van der Waals surface area contributed by atoms with Gasteiger partial charge >= 0.3 is 0 Å². The van der Waals surface area contributed by atoms with E-state index in [1.54, 1.807) is 0 Å². The Kier molecular flexibility index (Phi) is 4.23. The van der Waals surface area contributed by atoms with E-state index in [2.05, 4.69) is 47.0 Å². The van der Waals surface area contributed by atoms with Crippen molar-refractivity contribution in [1.82, 2.24) is 5.32 Å². The molecule has 86 valence electrons. The Morgan fingerprint density at radius 1 is 1.44 bits per heavy atom. The Labute approximate surface area is 110 Å². The average molecular weight is 329 g/mol. The maximum Gasteiger partial charge on any atom is 0.133 e. The number of ether oxygens (including phenoxy) is 1. The molecule has 0 fully saturated rings. The quantitative estimate of drug-likeness (QED) is 0.680. The fourth-order valence-electron chi connectivity index (χ4n) is 1.80. The van der Waals surface area contributed by atoms with E-state index in [9.17, 15) is 0 Å². The smallest absolute Gasteiger partial charge is 0.133 e. The van der Waals surface area contributed by atoms with Gasteiger partial charge in [-0.3, -0.25) is 0 Å². The molecule has 3 heteroatoms. The number of nitrogens with one attached hydrogen (secondary N) is 1. The van der Waals surface area contributed by atoms with Gasteiger partial charge in [0.05, 0.1) is 3.57 Å². The molecule has 1 atom stereocenters. The Balaban J connectivity index is 1.92. The first-order valence-corrected chi connectivity index (χ1v) is 6.62. The third kappa shape index (κ3) is 3.22. The predicted molar refractivity (Wildman–Crippen MR) is 74.8 cm³/mol. The summed E-state index contributed by atoms with van der Waals surface area (Å²) in [5.74, 6) is 0.982. The van der Waals surface area contributed by atoms with Gasteiger partial charge in [0.2, 0.25) is 0 Å². The average Bonchev–Trinajstić information content (AvgIpc) is 2.28. The van der Waals surface area contributed by atoms with E-state index in [1.807, 2.05) is 18.2 Å². The standard InChI is InChI=1S/C13H16INO/c1-10-8-11(6-7-15-10)9-16-13-5-3-2-4-12(13)14/h2-6,10,15H,7-9H2,1H3. The van der Waals surface area contributed by atoms with E-state index in [1.165, 1.54) is 9.14 Å². The third-order valence-electron chi connectivity index (χ3n) is 2.68. The van der Waals surface area contributed by atoms with Crippen LogP contribution in [-0.2, 0) is 0 Å². The summed E-state index contributed by atoms with van der Waals surface area (Å²) in [6, 6.07) is 8.69. The van der Waals surface area contributed by atoms with Gasteiger partial charge in [-0.2, -0.15) is 0 Å². The summed E-state index contributed by atoms with van der Waals surface area (Å²) in [4.78, 5) is 0. The van der Waals surface area contributed by atoms with Gasteiger partial charge in [0.1, 0.15) is 12.4 Å². The number of para-hydroxylation sites is 1. The molecule has 0 spiro atoms. The number of rotatable bonds is 3. The Bertz CT molecular complexity index is 389. The van der Waals surface area contributed by atoms with Crippen LogP contribution in [0.2, 0.25) is 0 Å². The van der Waals surface area contributed by atoms with Crippen LogP contribution in [0.25, 0.3) is 0 Å². The van der Waals surface area contributed by atoms with Crippen molar-refractivity contribution >= 4 is 22.6 Å². The first-order chi connectivity index (χ1) is 7.75. The maximum absolute atomic E-state index is 5.82. The molecule has 2 rings (SSSR count). The van der Waals surface area contributed by atoms with E-state index in [0.29, 0.717) is 12.6 Å².